The summed E-state index contributed by atoms with van der Waals surface area (Å²) >= 11 is 0. The third-order valence-corrected chi connectivity index (χ3v) is 3.88. The van der Waals surface area contributed by atoms with Crippen LogP contribution in [0, 0.1) is 11.8 Å². The average Bonchev–Trinajstić information content (AvgIpc) is 2.90. The topological polar surface area (TPSA) is 63.1 Å². The minimum atomic E-state index is -0.309. The first-order valence-electron chi connectivity index (χ1n) is 7.40. The van der Waals surface area contributed by atoms with E-state index in [1.165, 1.54) is 12.7 Å². The molecular formula is C14H25N5O. The molecule has 1 aliphatic rings. The molecule has 20 heavy (non-hydrogen) atoms. The molecule has 1 aromatic rings. The summed E-state index contributed by atoms with van der Waals surface area (Å²) in [5.74, 6) is 1.50. The largest absolute Gasteiger partial charge is 0.353 e. The number of aromatic nitrogens is 3. The maximum atomic E-state index is 12.0. The first-order valence-corrected chi connectivity index (χ1v) is 7.40. The van der Waals surface area contributed by atoms with Gasteiger partial charge in [0.2, 0.25) is 5.91 Å². The van der Waals surface area contributed by atoms with Gasteiger partial charge in [-0.15, -0.1) is 0 Å². The van der Waals surface area contributed by atoms with Crippen LogP contribution in [0.4, 0.5) is 0 Å². The highest BCUT2D eigenvalue weighted by Gasteiger charge is 2.21. The Bertz CT molecular complexity index is 409. The van der Waals surface area contributed by atoms with Crippen molar-refractivity contribution in [3.05, 3.63) is 12.7 Å². The standard InChI is InChI=1S/C14H25N5O/c1-11-6-12(2)8-18(7-11)5-4-16-14(20)13(3)19-10-15-9-17-19/h9-13H,4-8H2,1-3H3,(H,16,20)/t11-,12+,13-/m1/s1. The molecule has 1 aliphatic heterocycles. The Morgan fingerprint density at radius 2 is 2.10 bits per heavy atom. The lowest BCUT2D eigenvalue weighted by Gasteiger charge is -2.34. The van der Waals surface area contributed by atoms with E-state index in [1.54, 1.807) is 11.0 Å². The van der Waals surface area contributed by atoms with Crippen LogP contribution < -0.4 is 5.32 Å². The van der Waals surface area contributed by atoms with Crippen LogP contribution in [0.5, 0.6) is 0 Å². The number of piperidine rings is 1. The first-order chi connectivity index (χ1) is 9.56. The molecule has 1 N–H and O–H groups in total. The fraction of sp³-hybridized carbons (Fsp3) is 0.786. The Labute approximate surface area is 120 Å². The minimum absolute atomic E-state index is 0.00592. The van der Waals surface area contributed by atoms with Gasteiger partial charge < -0.3 is 10.2 Å². The van der Waals surface area contributed by atoms with E-state index in [4.69, 9.17) is 0 Å². The van der Waals surface area contributed by atoms with E-state index in [0.717, 1.165) is 31.5 Å². The van der Waals surface area contributed by atoms with Gasteiger partial charge in [0.25, 0.3) is 0 Å². The van der Waals surface area contributed by atoms with Gasteiger partial charge in [-0.05, 0) is 25.2 Å². The molecule has 1 saturated heterocycles. The Morgan fingerprint density at radius 3 is 2.70 bits per heavy atom. The SMILES string of the molecule is C[C@@H]1C[C@H](C)CN(CCNC(=O)[C@@H](C)n2cncn2)C1. The maximum absolute atomic E-state index is 12.0. The second kappa shape index (κ2) is 6.83. The predicted molar refractivity (Wildman–Crippen MR) is 77.1 cm³/mol. The van der Waals surface area contributed by atoms with E-state index in [1.807, 2.05) is 6.92 Å². The molecule has 1 fully saturated rings. The second-order valence-corrected chi connectivity index (χ2v) is 6.05. The van der Waals surface area contributed by atoms with Crippen molar-refractivity contribution in [1.29, 1.82) is 0 Å². The molecule has 2 rings (SSSR count). The average molecular weight is 279 g/mol. The summed E-state index contributed by atoms with van der Waals surface area (Å²) in [6, 6.07) is -0.309. The van der Waals surface area contributed by atoms with Crippen LogP contribution in [0.15, 0.2) is 12.7 Å². The number of amides is 1. The maximum Gasteiger partial charge on any atom is 0.244 e. The zero-order valence-corrected chi connectivity index (χ0v) is 12.6. The molecule has 3 atom stereocenters. The van der Waals surface area contributed by atoms with Crippen LogP contribution in [0.1, 0.15) is 33.2 Å². The normalized spacial score (nSPS) is 25.4. The molecule has 6 heteroatoms. The second-order valence-electron chi connectivity index (χ2n) is 6.05. The Kier molecular flexibility index (Phi) is 5.11. The molecule has 0 aromatic carbocycles. The summed E-state index contributed by atoms with van der Waals surface area (Å²) in [6.45, 7) is 10.3. The number of likely N-dealkylation sites (tertiary alicyclic amines) is 1. The van der Waals surface area contributed by atoms with Crippen LogP contribution >= 0.6 is 0 Å². The Balaban J connectivity index is 1.71. The molecule has 1 amide bonds. The molecule has 0 bridgehead atoms. The monoisotopic (exact) mass is 279 g/mol. The van der Waals surface area contributed by atoms with E-state index in [2.05, 4.69) is 34.1 Å². The number of hydrogen-bond acceptors (Lipinski definition) is 4. The summed E-state index contributed by atoms with van der Waals surface area (Å²) < 4.78 is 1.57. The van der Waals surface area contributed by atoms with Gasteiger partial charge in [-0.25, -0.2) is 9.67 Å². The molecule has 0 radical (unpaired) electrons. The highest BCUT2D eigenvalue weighted by Crippen LogP contribution is 2.20. The molecule has 0 unspecified atom stereocenters. The van der Waals surface area contributed by atoms with Gasteiger partial charge >= 0.3 is 0 Å². The van der Waals surface area contributed by atoms with Crippen LogP contribution in [0.3, 0.4) is 0 Å². The quantitative estimate of drug-likeness (QED) is 0.871. The molecule has 0 saturated carbocycles. The summed E-state index contributed by atoms with van der Waals surface area (Å²) in [7, 11) is 0. The number of carbonyl (C=O) groups excluding carboxylic acids is 1. The van der Waals surface area contributed by atoms with Crippen molar-refractivity contribution < 1.29 is 4.79 Å². The van der Waals surface area contributed by atoms with Gasteiger partial charge in [-0.3, -0.25) is 4.79 Å². The molecular weight excluding hydrogens is 254 g/mol. The number of carbonyl (C=O) groups is 1. The lowest BCUT2D eigenvalue weighted by Crippen LogP contribution is -2.43. The molecule has 6 nitrogen and oxygen atoms in total. The van der Waals surface area contributed by atoms with Crippen molar-refractivity contribution in [3.63, 3.8) is 0 Å². The molecule has 0 spiro atoms. The van der Waals surface area contributed by atoms with Gasteiger partial charge in [0, 0.05) is 26.2 Å². The summed E-state index contributed by atoms with van der Waals surface area (Å²) in [6.07, 6.45) is 4.32. The van der Waals surface area contributed by atoms with E-state index >= 15 is 0 Å². The number of nitrogens with zero attached hydrogens (tertiary/aromatic N) is 4. The molecule has 112 valence electrons. The van der Waals surface area contributed by atoms with Gasteiger partial charge in [0.1, 0.15) is 18.7 Å². The van der Waals surface area contributed by atoms with Gasteiger partial charge in [0.05, 0.1) is 0 Å². The van der Waals surface area contributed by atoms with Crippen molar-refractivity contribution in [3.8, 4) is 0 Å². The van der Waals surface area contributed by atoms with Crippen LogP contribution in [-0.2, 0) is 4.79 Å². The minimum Gasteiger partial charge on any atom is -0.353 e. The van der Waals surface area contributed by atoms with Gasteiger partial charge in [0.15, 0.2) is 0 Å². The van der Waals surface area contributed by atoms with E-state index < -0.39 is 0 Å². The molecule has 0 aliphatic carbocycles. The van der Waals surface area contributed by atoms with Crippen molar-refractivity contribution in [1.82, 2.24) is 25.0 Å². The highest BCUT2D eigenvalue weighted by molar-refractivity contribution is 5.79. The highest BCUT2D eigenvalue weighted by atomic mass is 16.2. The zero-order valence-electron chi connectivity index (χ0n) is 12.6. The predicted octanol–water partition coefficient (Wildman–Crippen LogP) is 0.933. The van der Waals surface area contributed by atoms with Gasteiger partial charge in [-0.2, -0.15) is 5.10 Å². The summed E-state index contributed by atoms with van der Waals surface area (Å²) in [5.41, 5.74) is 0. The zero-order chi connectivity index (χ0) is 14.5. The van der Waals surface area contributed by atoms with Gasteiger partial charge in [-0.1, -0.05) is 13.8 Å². The van der Waals surface area contributed by atoms with E-state index in [9.17, 15) is 4.79 Å². The smallest absolute Gasteiger partial charge is 0.244 e. The van der Waals surface area contributed by atoms with Crippen molar-refractivity contribution in [2.75, 3.05) is 26.2 Å². The third kappa shape index (κ3) is 4.03. The summed E-state index contributed by atoms with van der Waals surface area (Å²) in [4.78, 5) is 18.3. The number of nitrogens with one attached hydrogen (secondary N) is 1. The van der Waals surface area contributed by atoms with Crippen molar-refractivity contribution in [2.24, 2.45) is 11.8 Å². The number of rotatable bonds is 5. The fourth-order valence-corrected chi connectivity index (χ4v) is 3.00. The van der Waals surface area contributed by atoms with E-state index in [0.29, 0.717) is 6.54 Å². The first kappa shape index (κ1) is 15.0. The fourth-order valence-electron chi connectivity index (χ4n) is 3.00. The molecule has 1 aromatic heterocycles. The van der Waals surface area contributed by atoms with E-state index in [-0.39, 0.29) is 11.9 Å². The van der Waals surface area contributed by atoms with Crippen LogP contribution in [-0.4, -0.2) is 51.8 Å². The lowest BCUT2D eigenvalue weighted by molar-refractivity contribution is -0.124. The number of hydrogen-bond donors (Lipinski definition) is 1. The summed E-state index contributed by atoms with van der Waals surface area (Å²) in [5, 5.41) is 6.97. The van der Waals surface area contributed by atoms with Crippen molar-refractivity contribution in [2.45, 2.75) is 33.2 Å². The van der Waals surface area contributed by atoms with Crippen LogP contribution in [0.2, 0.25) is 0 Å². The molecule has 2 heterocycles. The third-order valence-electron chi connectivity index (χ3n) is 3.88. The Morgan fingerprint density at radius 1 is 1.40 bits per heavy atom. The van der Waals surface area contributed by atoms with Crippen molar-refractivity contribution >= 4 is 5.91 Å². The lowest BCUT2D eigenvalue weighted by atomic mass is 9.92. The van der Waals surface area contributed by atoms with Crippen LogP contribution in [0.25, 0.3) is 0 Å². The Hall–Kier alpha value is -1.43.